The first-order valence-corrected chi connectivity index (χ1v) is 6.60. The Bertz CT molecular complexity index is 417. The first kappa shape index (κ1) is 14.1. The zero-order chi connectivity index (χ0) is 14.5. The van der Waals surface area contributed by atoms with Gasteiger partial charge in [-0.1, -0.05) is 0 Å². The van der Waals surface area contributed by atoms with Crippen LogP contribution in [0.15, 0.2) is 0 Å². The van der Waals surface area contributed by atoms with Crippen molar-refractivity contribution in [3.8, 4) is 0 Å². The fraction of sp³-hybridized carbons (Fsp3) is 0.846. The number of hydrogen-bond donors (Lipinski definition) is 2. The minimum atomic E-state index is -1.17. The molecule has 108 valence electrons. The van der Waals surface area contributed by atoms with Crippen molar-refractivity contribution in [2.75, 3.05) is 13.1 Å². The number of piperidine rings is 1. The SMILES string of the molecule is CC(C)(C)OC(=O)N1CCCC2(C1)CC2(N)C(=O)O. The second kappa shape index (κ2) is 4.10. The molecule has 2 rings (SSSR count). The summed E-state index contributed by atoms with van der Waals surface area (Å²) in [6, 6.07) is 0. The fourth-order valence-electron chi connectivity index (χ4n) is 2.91. The summed E-state index contributed by atoms with van der Waals surface area (Å²) in [6.45, 7) is 6.42. The number of carboxylic acids is 1. The lowest BCUT2D eigenvalue weighted by Gasteiger charge is -2.35. The Labute approximate surface area is 112 Å². The summed E-state index contributed by atoms with van der Waals surface area (Å²) in [5.41, 5.74) is 3.73. The van der Waals surface area contributed by atoms with Crippen LogP contribution in [0, 0.1) is 5.41 Å². The van der Waals surface area contributed by atoms with Crippen molar-refractivity contribution in [1.29, 1.82) is 0 Å². The third kappa shape index (κ3) is 2.41. The zero-order valence-corrected chi connectivity index (χ0v) is 11.7. The number of nitrogens with two attached hydrogens (primary N) is 1. The fourth-order valence-corrected chi connectivity index (χ4v) is 2.91. The molecule has 1 spiro atoms. The maximum atomic E-state index is 12.0. The Balaban J connectivity index is 2.04. The van der Waals surface area contributed by atoms with Crippen LogP contribution in [0.4, 0.5) is 4.79 Å². The van der Waals surface area contributed by atoms with Crippen molar-refractivity contribution in [2.24, 2.45) is 11.1 Å². The summed E-state index contributed by atoms with van der Waals surface area (Å²) in [5, 5.41) is 9.18. The van der Waals surface area contributed by atoms with Gasteiger partial charge in [-0.25, -0.2) is 4.79 Å². The van der Waals surface area contributed by atoms with Gasteiger partial charge in [0.25, 0.3) is 0 Å². The van der Waals surface area contributed by atoms with Gasteiger partial charge in [0.2, 0.25) is 0 Å². The molecule has 2 unspecified atom stereocenters. The van der Waals surface area contributed by atoms with E-state index in [1.807, 2.05) is 20.8 Å². The first-order chi connectivity index (χ1) is 8.60. The molecule has 1 amide bonds. The molecule has 0 aromatic carbocycles. The molecule has 6 nitrogen and oxygen atoms in total. The van der Waals surface area contributed by atoms with Crippen molar-refractivity contribution in [3.63, 3.8) is 0 Å². The highest BCUT2D eigenvalue weighted by atomic mass is 16.6. The zero-order valence-electron chi connectivity index (χ0n) is 11.7. The van der Waals surface area contributed by atoms with Crippen LogP contribution in [0.25, 0.3) is 0 Å². The molecule has 0 radical (unpaired) electrons. The summed E-state index contributed by atoms with van der Waals surface area (Å²) >= 11 is 0. The van der Waals surface area contributed by atoms with E-state index in [-0.39, 0.29) is 6.09 Å². The second-order valence-corrected chi connectivity index (χ2v) is 6.74. The van der Waals surface area contributed by atoms with Gasteiger partial charge in [0.1, 0.15) is 11.1 Å². The summed E-state index contributed by atoms with van der Waals surface area (Å²) < 4.78 is 5.33. The normalized spacial score (nSPS) is 34.2. The van der Waals surface area contributed by atoms with Crippen LogP contribution in [0.5, 0.6) is 0 Å². The minimum absolute atomic E-state index is 0.380. The molecular weight excluding hydrogens is 248 g/mol. The van der Waals surface area contributed by atoms with E-state index in [1.54, 1.807) is 4.90 Å². The monoisotopic (exact) mass is 270 g/mol. The molecule has 2 atom stereocenters. The third-order valence-corrected chi connectivity index (χ3v) is 4.05. The van der Waals surface area contributed by atoms with Crippen molar-refractivity contribution in [2.45, 2.75) is 51.2 Å². The lowest BCUT2D eigenvalue weighted by Crippen LogP contribution is -2.49. The highest BCUT2D eigenvalue weighted by molar-refractivity contribution is 5.85. The third-order valence-electron chi connectivity index (χ3n) is 4.05. The van der Waals surface area contributed by atoms with Gasteiger partial charge in [0.05, 0.1) is 0 Å². The van der Waals surface area contributed by atoms with Gasteiger partial charge in [0, 0.05) is 18.5 Å². The largest absolute Gasteiger partial charge is 0.480 e. The minimum Gasteiger partial charge on any atom is -0.480 e. The van der Waals surface area contributed by atoms with Gasteiger partial charge in [-0.3, -0.25) is 4.79 Å². The van der Waals surface area contributed by atoms with Gasteiger partial charge < -0.3 is 20.5 Å². The molecule has 0 bridgehead atoms. The number of likely N-dealkylation sites (tertiary alicyclic amines) is 1. The predicted molar refractivity (Wildman–Crippen MR) is 68.6 cm³/mol. The average Bonchev–Trinajstić information content (AvgIpc) is 2.82. The van der Waals surface area contributed by atoms with Crippen LogP contribution in [0.1, 0.15) is 40.0 Å². The Hall–Kier alpha value is -1.30. The van der Waals surface area contributed by atoms with Gasteiger partial charge >= 0.3 is 12.1 Å². The second-order valence-electron chi connectivity index (χ2n) is 6.74. The summed E-state index contributed by atoms with van der Waals surface area (Å²) in [5.74, 6) is -0.974. The highest BCUT2D eigenvalue weighted by Gasteiger charge is 2.71. The van der Waals surface area contributed by atoms with Crippen LogP contribution in [-0.4, -0.2) is 46.3 Å². The number of rotatable bonds is 1. The number of carbonyl (C=O) groups is 2. The number of nitrogens with zero attached hydrogens (tertiary/aromatic N) is 1. The van der Waals surface area contributed by atoms with Gasteiger partial charge in [-0.05, 0) is 40.0 Å². The maximum absolute atomic E-state index is 12.0. The van der Waals surface area contributed by atoms with E-state index in [4.69, 9.17) is 10.5 Å². The smallest absolute Gasteiger partial charge is 0.410 e. The summed E-state index contributed by atoms with van der Waals surface area (Å²) in [7, 11) is 0. The molecule has 3 N–H and O–H groups in total. The maximum Gasteiger partial charge on any atom is 0.410 e. The van der Waals surface area contributed by atoms with E-state index in [0.29, 0.717) is 19.5 Å². The van der Waals surface area contributed by atoms with Crippen LogP contribution in [-0.2, 0) is 9.53 Å². The Morgan fingerprint density at radius 3 is 2.47 bits per heavy atom. The molecule has 1 saturated heterocycles. The molecule has 6 heteroatoms. The molecule has 2 aliphatic rings. The number of hydrogen-bond acceptors (Lipinski definition) is 4. The van der Waals surface area contributed by atoms with Gasteiger partial charge in [0.15, 0.2) is 0 Å². The molecule has 19 heavy (non-hydrogen) atoms. The van der Waals surface area contributed by atoms with Gasteiger partial charge in [-0.2, -0.15) is 0 Å². The highest BCUT2D eigenvalue weighted by Crippen LogP contribution is 2.59. The van der Waals surface area contributed by atoms with Crippen molar-refractivity contribution < 1.29 is 19.4 Å². The molecular formula is C13H22N2O4. The van der Waals surface area contributed by atoms with E-state index >= 15 is 0 Å². The average molecular weight is 270 g/mol. The van der Waals surface area contributed by atoms with E-state index in [9.17, 15) is 14.7 Å². The number of ether oxygens (including phenoxy) is 1. The molecule has 2 fully saturated rings. The van der Waals surface area contributed by atoms with Crippen molar-refractivity contribution >= 4 is 12.1 Å². The number of aliphatic carboxylic acids is 1. The van der Waals surface area contributed by atoms with E-state index in [0.717, 1.165) is 12.8 Å². The van der Waals surface area contributed by atoms with Crippen LogP contribution in [0.3, 0.4) is 0 Å². The number of amides is 1. The predicted octanol–water partition coefficient (Wildman–Crippen LogP) is 1.19. The number of carbonyl (C=O) groups excluding carboxylic acids is 1. The molecule has 1 saturated carbocycles. The Morgan fingerprint density at radius 1 is 1.37 bits per heavy atom. The Morgan fingerprint density at radius 2 is 2.00 bits per heavy atom. The molecule has 1 aliphatic heterocycles. The first-order valence-electron chi connectivity index (χ1n) is 6.60. The standard InChI is InChI=1S/C13H22N2O4/c1-11(2,3)19-10(18)15-6-4-5-12(8-15)7-13(12,14)9(16)17/h4-8,14H2,1-3H3,(H,16,17). The quantitative estimate of drug-likeness (QED) is 0.746. The number of carboxylic acid groups (broad SMARTS) is 1. The molecule has 1 aliphatic carbocycles. The van der Waals surface area contributed by atoms with Crippen LogP contribution in [0.2, 0.25) is 0 Å². The van der Waals surface area contributed by atoms with Gasteiger partial charge in [-0.15, -0.1) is 0 Å². The van der Waals surface area contributed by atoms with Crippen LogP contribution >= 0.6 is 0 Å². The van der Waals surface area contributed by atoms with E-state index in [1.165, 1.54) is 0 Å². The lowest BCUT2D eigenvalue weighted by atomic mass is 9.90. The molecule has 1 heterocycles. The topological polar surface area (TPSA) is 92.9 Å². The Kier molecular flexibility index (Phi) is 3.04. The lowest BCUT2D eigenvalue weighted by molar-refractivity contribution is -0.141. The molecule has 0 aromatic heterocycles. The van der Waals surface area contributed by atoms with Crippen molar-refractivity contribution in [3.05, 3.63) is 0 Å². The van der Waals surface area contributed by atoms with E-state index < -0.39 is 22.5 Å². The van der Waals surface area contributed by atoms with Crippen molar-refractivity contribution in [1.82, 2.24) is 4.90 Å². The van der Waals surface area contributed by atoms with Crippen LogP contribution < -0.4 is 5.73 Å². The summed E-state index contributed by atoms with van der Waals surface area (Å²) in [6.07, 6.45) is 1.58. The summed E-state index contributed by atoms with van der Waals surface area (Å²) in [4.78, 5) is 24.8. The molecule has 0 aromatic rings. The van der Waals surface area contributed by atoms with E-state index in [2.05, 4.69) is 0 Å².